The molecule has 9 nitrogen and oxygen atoms in total. The number of unbranched alkanes of at least 4 members (excludes halogenated alkanes) is 2. The van der Waals surface area contributed by atoms with Crippen LogP contribution in [0.3, 0.4) is 0 Å². The molecule has 1 aromatic rings. The highest BCUT2D eigenvalue weighted by Crippen LogP contribution is 2.26. The van der Waals surface area contributed by atoms with E-state index in [1.165, 1.54) is 0 Å². The Morgan fingerprint density at radius 2 is 1.60 bits per heavy atom. The monoisotopic (exact) mass is 561 g/mol. The van der Waals surface area contributed by atoms with Crippen molar-refractivity contribution < 1.29 is 28.7 Å². The van der Waals surface area contributed by atoms with Crippen molar-refractivity contribution in [2.75, 3.05) is 19.7 Å². The third kappa shape index (κ3) is 12.8. The van der Waals surface area contributed by atoms with Gasteiger partial charge in [-0.15, -0.1) is 0 Å². The third-order valence-corrected chi connectivity index (χ3v) is 6.04. The molecule has 0 spiro atoms. The second-order valence-corrected chi connectivity index (χ2v) is 11.7. The van der Waals surface area contributed by atoms with Gasteiger partial charge in [-0.2, -0.15) is 0 Å². The lowest BCUT2D eigenvalue weighted by Gasteiger charge is -2.35. The maximum absolute atomic E-state index is 14.2. The molecule has 1 rings (SSSR count). The van der Waals surface area contributed by atoms with Crippen LogP contribution in [0, 0.1) is 19.8 Å². The Hall–Kier alpha value is -3.10. The molecular formula is C31H51N3O6. The van der Waals surface area contributed by atoms with E-state index >= 15 is 0 Å². The fourth-order valence-corrected chi connectivity index (χ4v) is 4.50. The Kier molecular flexibility index (Phi) is 14.7. The summed E-state index contributed by atoms with van der Waals surface area (Å²) in [4.78, 5) is 54.2. The minimum atomic E-state index is -0.944. The number of alkyl carbamates (subject to hydrolysis) is 1. The Balaban J connectivity index is 3.49. The molecule has 9 heteroatoms. The van der Waals surface area contributed by atoms with Crippen molar-refractivity contribution in [3.05, 3.63) is 34.9 Å². The van der Waals surface area contributed by atoms with E-state index in [-0.39, 0.29) is 37.3 Å². The lowest BCUT2D eigenvalue weighted by Crippen LogP contribution is -2.53. The van der Waals surface area contributed by atoms with Crippen LogP contribution < -0.4 is 10.6 Å². The zero-order chi connectivity index (χ0) is 30.5. The van der Waals surface area contributed by atoms with Crippen molar-refractivity contribution in [3.63, 3.8) is 0 Å². The van der Waals surface area contributed by atoms with Gasteiger partial charge in [0, 0.05) is 13.1 Å². The molecule has 0 saturated heterocycles. The average Bonchev–Trinajstić information content (AvgIpc) is 2.80. The van der Waals surface area contributed by atoms with E-state index in [0.29, 0.717) is 24.9 Å². The third-order valence-electron chi connectivity index (χ3n) is 6.04. The summed E-state index contributed by atoms with van der Waals surface area (Å²) in [7, 11) is 0. The standard InChI is InChI=1S/C31H51N3O6/c1-10-12-13-16-34(29(37)25(17-21(3)4)33-30(38)40-31(7,8)9)27(24-19-22(5)18-23(6)20-24)28(36)32-15-14-26(35)39-11-2/h18-21,25,27H,10-17H2,1-9H3,(H,32,36)(H,33,38). The van der Waals surface area contributed by atoms with E-state index in [4.69, 9.17) is 9.47 Å². The highest BCUT2D eigenvalue weighted by atomic mass is 16.6. The van der Waals surface area contributed by atoms with Gasteiger partial charge in [-0.1, -0.05) is 62.9 Å². The van der Waals surface area contributed by atoms with Crippen molar-refractivity contribution in [3.8, 4) is 0 Å². The first kappa shape index (κ1) is 34.9. The first-order chi connectivity index (χ1) is 18.7. The van der Waals surface area contributed by atoms with Crippen LogP contribution in [0.15, 0.2) is 18.2 Å². The number of aryl methyl sites for hydroxylation is 2. The number of benzene rings is 1. The van der Waals surface area contributed by atoms with E-state index < -0.39 is 29.7 Å². The number of ether oxygens (including phenoxy) is 2. The fourth-order valence-electron chi connectivity index (χ4n) is 4.50. The van der Waals surface area contributed by atoms with Crippen molar-refractivity contribution in [1.82, 2.24) is 15.5 Å². The van der Waals surface area contributed by atoms with Crippen molar-refractivity contribution >= 4 is 23.9 Å². The van der Waals surface area contributed by atoms with Gasteiger partial charge in [0.05, 0.1) is 13.0 Å². The minimum absolute atomic E-state index is 0.0269. The number of esters is 1. The molecule has 0 radical (unpaired) electrons. The van der Waals surface area contributed by atoms with Gasteiger partial charge < -0.3 is 25.0 Å². The molecule has 40 heavy (non-hydrogen) atoms. The second kappa shape index (κ2) is 16.9. The van der Waals surface area contributed by atoms with Gasteiger partial charge in [-0.25, -0.2) is 4.79 Å². The number of hydrogen-bond donors (Lipinski definition) is 2. The molecule has 226 valence electrons. The van der Waals surface area contributed by atoms with E-state index in [2.05, 4.69) is 17.6 Å². The second-order valence-electron chi connectivity index (χ2n) is 11.7. The summed E-state index contributed by atoms with van der Waals surface area (Å²) >= 11 is 0. The Morgan fingerprint density at radius 1 is 0.975 bits per heavy atom. The summed E-state index contributed by atoms with van der Waals surface area (Å²) in [5, 5.41) is 5.61. The molecule has 2 atom stereocenters. The molecule has 1 aromatic carbocycles. The molecule has 0 bridgehead atoms. The Bertz CT molecular complexity index is 966. The van der Waals surface area contributed by atoms with Crippen LogP contribution in [0.1, 0.15) is 103 Å². The van der Waals surface area contributed by atoms with Crippen LogP contribution in [0.25, 0.3) is 0 Å². The van der Waals surface area contributed by atoms with Gasteiger partial charge in [-0.05, 0) is 65.9 Å². The van der Waals surface area contributed by atoms with Crippen LogP contribution in [0.2, 0.25) is 0 Å². The summed E-state index contributed by atoms with van der Waals surface area (Å²) < 4.78 is 10.4. The summed E-state index contributed by atoms with van der Waals surface area (Å²) in [6.07, 6.45) is 2.24. The van der Waals surface area contributed by atoms with Crippen molar-refractivity contribution in [1.29, 1.82) is 0 Å². The summed E-state index contributed by atoms with van der Waals surface area (Å²) in [5.41, 5.74) is 1.88. The van der Waals surface area contributed by atoms with Crippen LogP contribution in [-0.2, 0) is 23.9 Å². The van der Waals surface area contributed by atoms with Crippen LogP contribution in [0.4, 0.5) is 4.79 Å². The molecule has 3 amide bonds. The molecule has 0 aliphatic carbocycles. The smallest absolute Gasteiger partial charge is 0.408 e. The van der Waals surface area contributed by atoms with Crippen molar-refractivity contribution in [2.45, 2.75) is 112 Å². The number of carbonyl (C=O) groups is 4. The van der Waals surface area contributed by atoms with E-state index in [1.807, 2.05) is 45.9 Å². The molecule has 0 fully saturated rings. The number of nitrogens with zero attached hydrogens (tertiary/aromatic N) is 1. The number of nitrogens with one attached hydrogen (secondary N) is 2. The Labute approximate surface area is 240 Å². The number of amides is 3. The van der Waals surface area contributed by atoms with Crippen LogP contribution in [0.5, 0.6) is 0 Å². The van der Waals surface area contributed by atoms with Crippen molar-refractivity contribution in [2.24, 2.45) is 5.92 Å². The number of rotatable bonds is 15. The molecular weight excluding hydrogens is 510 g/mol. The summed E-state index contributed by atoms with van der Waals surface area (Å²) in [6, 6.07) is 3.99. The Morgan fingerprint density at radius 3 is 2.12 bits per heavy atom. The first-order valence-corrected chi connectivity index (χ1v) is 14.5. The highest BCUT2D eigenvalue weighted by molar-refractivity contribution is 5.92. The zero-order valence-electron chi connectivity index (χ0n) is 26.0. The quantitative estimate of drug-likeness (QED) is 0.220. The van der Waals surface area contributed by atoms with E-state index in [1.54, 1.807) is 32.6 Å². The minimum Gasteiger partial charge on any atom is -0.466 e. The maximum atomic E-state index is 14.2. The fraction of sp³-hybridized carbons (Fsp3) is 0.677. The first-order valence-electron chi connectivity index (χ1n) is 14.5. The topological polar surface area (TPSA) is 114 Å². The molecule has 0 saturated carbocycles. The SMILES string of the molecule is CCCCCN(C(=O)C(CC(C)C)NC(=O)OC(C)(C)C)C(C(=O)NCCC(=O)OCC)c1cc(C)cc(C)c1. The van der Waals surface area contributed by atoms with Gasteiger partial charge in [0.1, 0.15) is 17.7 Å². The largest absolute Gasteiger partial charge is 0.466 e. The number of carbonyl (C=O) groups excluding carboxylic acids is 4. The predicted octanol–water partition coefficient (Wildman–Crippen LogP) is 5.37. The molecule has 2 N–H and O–H groups in total. The lowest BCUT2D eigenvalue weighted by atomic mass is 9.96. The average molecular weight is 562 g/mol. The van der Waals surface area contributed by atoms with Gasteiger partial charge in [0.2, 0.25) is 11.8 Å². The van der Waals surface area contributed by atoms with E-state index in [9.17, 15) is 19.2 Å². The molecule has 2 unspecified atom stereocenters. The maximum Gasteiger partial charge on any atom is 0.408 e. The predicted molar refractivity (Wildman–Crippen MR) is 157 cm³/mol. The molecule has 0 aromatic heterocycles. The van der Waals surface area contributed by atoms with Gasteiger partial charge in [0.15, 0.2) is 0 Å². The summed E-state index contributed by atoms with van der Waals surface area (Å²) in [5.74, 6) is -1.04. The summed E-state index contributed by atoms with van der Waals surface area (Å²) in [6.45, 7) is 17.6. The van der Waals surface area contributed by atoms with Gasteiger partial charge >= 0.3 is 12.1 Å². The highest BCUT2D eigenvalue weighted by Gasteiger charge is 2.36. The zero-order valence-corrected chi connectivity index (χ0v) is 26.0. The van der Waals surface area contributed by atoms with Gasteiger partial charge in [-0.3, -0.25) is 14.4 Å². The molecule has 0 heterocycles. The van der Waals surface area contributed by atoms with Gasteiger partial charge in [0.25, 0.3) is 0 Å². The van der Waals surface area contributed by atoms with Crippen LogP contribution in [-0.4, -0.2) is 60.1 Å². The normalized spacial score (nSPS) is 12.8. The number of hydrogen-bond acceptors (Lipinski definition) is 6. The van der Waals surface area contributed by atoms with Crippen LogP contribution >= 0.6 is 0 Å². The molecule has 0 aliphatic heterocycles. The van der Waals surface area contributed by atoms with E-state index in [0.717, 1.165) is 24.0 Å². The molecule has 0 aliphatic rings. The lowest BCUT2D eigenvalue weighted by molar-refractivity contribution is -0.144.